The summed E-state index contributed by atoms with van der Waals surface area (Å²) in [6.45, 7) is 9.65. The highest BCUT2D eigenvalue weighted by Gasteiger charge is 2.15. The molecule has 126 valence electrons. The first kappa shape index (κ1) is 17.8. The predicted molar refractivity (Wildman–Crippen MR) is 93.4 cm³/mol. The molecule has 0 radical (unpaired) electrons. The van der Waals surface area contributed by atoms with Gasteiger partial charge in [0.15, 0.2) is 0 Å². The van der Waals surface area contributed by atoms with Crippen LogP contribution in [-0.2, 0) is 0 Å². The minimum Gasteiger partial charge on any atom is -0.489 e. The maximum atomic E-state index is 12.3. The van der Waals surface area contributed by atoms with E-state index in [0.29, 0.717) is 29.5 Å². The van der Waals surface area contributed by atoms with E-state index in [4.69, 9.17) is 16.3 Å². The molecule has 1 amide bonds. The van der Waals surface area contributed by atoms with E-state index in [0.717, 1.165) is 32.7 Å². The molecule has 1 N–H and O–H groups in total. The number of halogens is 1. The number of hydrogen-bond donors (Lipinski definition) is 1. The van der Waals surface area contributed by atoms with Gasteiger partial charge in [0, 0.05) is 44.3 Å². The third kappa shape index (κ3) is 5.53. The molecule has 1 aliphatic rings. The molecule has 0 atom stereocenters. The maximum absolute atomic E-state index is 12.3. The van der Waals surface area contributed by atoms with Crippen molar-refractivity contribution < 1.29 is 9.53 Å². The molecular weight excluding hydrogens is 314 g/mol. The van der Waals surface area contributed by atoms with Crippen LogP contribution in [0.4, 0.5) is 0 Å². The average molecular weight is 338 g/mol. The van der Waals surface area contributed by atoms with Gasteiger partial charge in [-0.25, -0.2) is 0 Å². The van der Waals surface area contributed by atoms with Gasteiger partial charge in [-0.15, -0.1) is 0 Å². The maximum Gasteiger partial charge on any atom is 0.255 e. The topological polar surface area (TPSA) is 44.8 Å². The molecule has 1 heterocycles. The Labute approximate surface area is 142 Å². The summed E-state index contributed by atoms with van der Waals surface area (Å²) in [5.41, 5.74) is 0.495. The fourth-order valence-electron chi connectivity index (χ4n) is 2.45. The second kappa shape index (κ2) is 8.91. The van der Waals surface area contributed by atoms with Gasteiger partial charge in [-0.05, 0) is 25.2 Å². The van der Waals surface area contributed by atoms with Crippen LogP contribution in [0.25, 0.3) is 0 Å². The van der Waals surface area contributed by atoms with Gasteiger partial charge in [0.1, 0.15) is 12.4 Å². The zero-order valence-electron chi connectivity index (χ0n) is 13.6. The van der Waals surface area contributed by atoms with Gasteiger partial charge in [0.2, 0.25) is 0 Å². The van der Waals surface area contributed by atoms with Gasteiger partial charge in [-0.1, -0.05) is 24.3 Å². The average Bonchev–Trinajstić information content (AvgIpc) is 2.54. The second-order valence-corrected chi connectivity index (χ2v) is 6.08. The van der Waals surface area contributed by atoms with E-state index in [1.54, 1.807) is 24.3 Å². The molecule has 1 aromatic rings. The highest BCUT2D eigenvalue weighted by Crippen LogP contribution is 2.23. The van der Waals surface area contributed by atoms with Crippen molar-refractivity contribution in [2.45, 2.75) is 0 Å². The van der Waals surface area contributed by atoms with Crippen LogP contribution in [0.5, 0.6) is 5.75 Å². The first-order valence-electron chi connectivity index (χ1n) is 7.82. The molecule has 23 heavy (non-hydrogen) atoms. The number of likely N-dealkylation sites (N-methyl/N-ethyl adjacent to an activating group) is 1. The lowest BCUT2D eigenvalue weighted by Crippen LogP contribution is -2.46. The van der Waals surface area contributed by atoms with E-state index in [1.807, 2.05) is 0 Å². The fraction of sp³-hybridized carbons (Fsp3) is 0.471. The van der Waals surface area contributed by atoms with E-state index >= 15 is 0 Å². The fourth-order valence-corrected chi connectivity index (χ4v) is 2.61. The Morgan fingerprint density at radius 1 is 1.39 bits per heavy atom. The molecule has 0 bridgehead atoms. The number of carbonyl (C=O) groups is 1. The van der Waals surface area contributed by atoms with Crippen molar-refractivity contribution in [3.8, 4) is 5.75 Å². The molecule has 1 aromatic carbocycles. The largest absolute Gasteiger partial charge is 0.489 e. The van der Waals surface area contributed by atoms with Gasteiger partial charge >= 0.3 is 0 Å². The standard InChI is InChI=1S/C17H24ClN3O2/c1-3-12-23-16-13-14(18)4-5-15(16)17(22)19-6-7-21-10-8-20(2)9-11-21/h3-5,13H,1,6-12H2,2H3,(H,19,22). The van der Waals surface area contributed by atoms with Gasteiger partial charge in [0.05, 0.1) is 5.56 Å². The molecule has 5 nitrogen and oxygen atoms in total. The highest BCUT2D eigenvalue weighted by atomic mass is 35.5. The van der Waals surface area contributed by atoms with Gasteiger partial charge in [0.25, 0.3) is 5.91 Å². The van der Waals surface area contributed by atoms with E-state index in [2.05, 4.69) is 28.7 Å². The quantitative estimate of drug-likeness (QED) is 0.772. The Hall–Kier alpha value is -1.56. The Morgan fingerprint density at radius 2 is 2.13 bits per heavy atom. The molecule has 2 rings (SSSR count). The lowest BCUT2D eigenvalue weighted by Gasteiger charge is -2.32. The van der Waals surface area contributed by atoms with E-state index in [-0.39, 0.29) is 5.91 Å². The van der Waals surface area contributed by atoms with Crippen LogP contribution in [0.1, 0.15) is 10.4 Å². The molecule has 0 aliphatic carbocycles. The third-order valence-electron chi connectivity index (χ3n) is 3.85. The summed E-state index contributed by atoms with van der Waals surface area (Å²) in [7, 11) is 2.13. The van der Waals surface area contributed by atoms with Crippen molar-refractivity contribution in [1.29, 1.82) is 0 Å². The van der Waals surface area contributed by atoms with Crippen molar-refractivity contribution in [2.24, 2.45) is 0 Å². The van der Waals surface area contributed by atoms with Crippen molar-refractivity contribution in [3.63, 3.8) is 0 Å². The number of hydrogen-bond acceptors (Lipinski definition) is 4. The molecule has 1 saturated heterocycles. The lowest BCUT2D eigenvalue weighted by molar-refractivity contribution is 0.0937. The first-order valence-corrected chi connectivity index (χ1v) is 8.20. The summed E-state index contributed by atoms with van der Waals surface area (Å²) in [5.74, 6) is 0.337. The minimum absolute atomic E-state index is 0.144. The Kier molecular flexibility index (Phi) is 6.89. The number of piperazine rings is 1. The van der Waals surface area contributed by atoms with Crippen molar-refractivity contribution in [2.75, 3.05) is 52.9 Å². The zero-order chi connectivity index (χ0) is 16.7. The van der Waals surface area contributed by atoms with Gasteiger partial charge in [-0.2, -0.15) is 0 Å². The van der Waals surface area contributed by atoms with Crippen LogP contribution in [0, 0.1) is 0 Å². The van der Waals surface area contributed by atoms with E-state index in [9.17, 15) is 4.79 Å². The number of carbonyl (C=O) groups excluding carboxylic acids is 1. The van der Waals surface area contributed by atoms with Crippen LogP contribution in [0.15, 0.2) is 30.9 Å². The zero-order valence-corrected chi connectivity index (χ0v) is 14.3. The number of rotatable bonds is 7. The molecule has 0 aromatic heterocycles. The second-order valence-electron chi connectivity index (χ2n) is 5.64. The van der Waals surface area contributed by atoms with E-state index in [1.165, 1.54) is 0 Å². The summed E-state index contributed by atoms with van der Waals surface area (Å²) in [6, 6.07) is 5.03. The number of ether oxygens (including phenoxy) is 1. The van der Waals surface area contributed by atoms with Gasteiger partial charge < -0.3 is 15.0 Å². The summed E-state index contributed by atoms with van der Waals surface area (Å²) >= 11 is 5.97. The summed E-state index contributed by atoms with van der Waals surface area (Å²) in [4.78, 5) is 17.0. The molecule has 1 aliphatic heterocycles. The monoisotopic (exact) mass is 337 g/mol. The molecule has 1 fully saturated rings. The minimum atomic E-state index is -0.144. The normalized spacial score (nSPS) is 16.1. The van der Waals surface area contributed by atoms with Crippen molar-refractivity contribution in [3.05, 3.63) is 41.4 Å². The first-order chi connectivity index (χ1) is 11.1. The predicted octanol–water partition coefficient (Wildman–Crippen LogP) is 1.88. The number of benzene rings is 1. The molecule has 6 heteroatoms. The van der Waals surface area contributed by atoms with Gasteiger partial charge in [-0.3, -0.25) is 9.69 Å². The molecule has 0 spiro atoms. The number of nitrogens with one attached hydrogen (secondary N) is 1. The number of amides is 1. The molecule has 0 saturated carbocycles. The molecule has 0 unspecified atom stereocenters. The third-order valence-corrected chi connectivity index (χ3v) is 4.09. The highest BCUT2D eigenvalue weighted by molar-refractivity contribution is 6.30. The smallest absolute Gasteiger partial charge is 0.255 e. The Bertz CT molecular complexity index is 543. The summed E-state index contributed by atoms with van der Waals surface area (Å²) < 4.78 is 5.52. The lowest BCUT2D eigenvalue weighted by atomic mass is 10.2. The van der Waals surface area contributed by atoms with Crippen LogP contribution >= 0.6 is 11.6 Å². The Balaban J connectivity index is 1.86. The number of nitrogens with zero attached hydrogens (tertiary/aromatic N) is 2. The van der Waals surface area contributed by atoms with Crippen molar-refractivity contribution >= 4 is 17.5 Å². The van der Waals surface area contributed by atoms with E-state index < -0.39 is 0 Å². The molecular formula is C17H24ClN3O2. The SMILES string of the molecule is C=CCOc1cc(Cl)ccc1C(=O)NCCN1CCN(C)CC1. The van der Waals surface area contributed by atoms with Crippen LogP contribution < -0.4 is 10.1 Å². The van der Waals surface area contributed by atoms with Crippen LogP contribution in [0.3, 0.4) is 0 Å². The van der Waals surface area contributed by atoms with Crippen molar-refractivity contribution in [1.82, 2.24) is 15.1 Å². The Morgan fingerprint density at radius 3 is 2.83 bits per heavy atom. The van der Waals surface area contributed by atoms with Crippen LogP contribution in [-0.4, -0.2) is 68.6 Å². The van der Waals surface area contributed by atoms with Crippen LogP contribution in [0.2, 0.25) is 5.02 Å². The summed E-state index contributed by atoms with van der Waals surface area (Å²) in [5, 5.41) is 3.49. The summed E-state index contributed by atoms with van der Waals surface area (Å²) in [6.07, 6.45) is 1.63.